The van der Waals surface area contributed by atoms with Gasteiger partial charge in [0.05, 0.1) is 30.7 Å². The number of benzene rings is 2. The number of amides is 2. The van der Waals surface area contributed by atoms with Gasteiger partial charge >= 0.3 is 5.97 Å². The molecule has 1 unspecified atom stereocenters. The molecule has 0 spiro atoms. The largest absolute Gasteiger partial charge is 0.497 e. The summed E-state index contributed by atoms with van der Waals surface area (Å²) in [5.41, 5.74) is 1.34. The zero-order chi connectivity index (χ0) is 25.9. The Balaban J connectivity index is 1.58. The first kappa shape index (κ1) is 23.8. The highest BCUT2D eigenvalue weighted by Gasteiger charge is 2.65. The molecular weight excluding hydrogens is 460 g/mol. The minimum absolute atomic E-state index is 0.0923. The molecule has 8 heteroatoms. The van der Waals surface area contributed by atoms with Crippen LogP contribution in [0, 0.1) is 17.3 Å². The first-order valence-electron chi connectivity index (χ1n) is 11.9. The summed E-state index contributed by atoms with van der Waals surface area (Å²) in [6, 6.07) is 10.6. The summed E-state index contributed by atoms with van der Waals surface area (Å²) in [5.74, 6) is -1.81. The first-order valence-corrected chi connectivity index (χ1v) is 11.9. The smallest absolute Gasteiger partial charge is 0.308 e. The number of hydrogen-bond acceptors (Lipinski definition) is 7. The highest BCUT2D eigenvalue weighted by Crippen LogP contribution is 2.51. The van der Waals surface area contributed by atoms with Gasteiger partial charge in [-0.25, -0.2) is 4.90 Å². The number of rotatable bonds is 4. The number of carbonyl (C=O) groups excluding carboxylic acids is 4. The predicted molar refractivity (Wildman–Crippen MR) is 134 cm³/mol. The molecule has 8 nitrogen and oxygen atoms in total. The Kier molecular flexibility index (Phi) is 5.50. The minimum Gasteiger partial charge on any atom is -0.497 e. The molecule has 2 fully saturated rings. The Hall–Kier alpha value is -3.94. The van der Waals surface area contributed by atoms with Crippen molar-refractivity contribution in [3.8, 4) is 11.5 Å². The van der Waals surface area contributed by atoms with Crippen LogP contribution < -0.4 is 19.3 Å². The quantitative estimate of drug-likeness (QED) is 0.369. The van der Waals surface area contributed by atoms with Gasteiger partial charge in [-0.15, -0.1) is 0 Å². The van der Waals surface area contributed by atoms with E-state index in [1.165, 1.54) is 11.8 Å². The first-order chi connectivity index (χ1) is 17.0. The van der Waals surface area contributed by atoms with Gasteiger partial charge in [0.25, 0.3) is 0 Å². The summed E-state index contributed by atoms with van der Waals surface area (Å²) in [6.45, 7) is 6.80. The van der Waals surface area contributed by atoms with E-state index in [4.69, 9.17) is 9.47 Å². The lowest BCUT2D eigenvalue weighted by Gasteiger charge is -2.38. The minimum atomic E-state index is -0.819. The Labute approximate surface area is 209 Å². The van der Waals surface area contributed by atoms with Crippen molar-refractivity contribution in [2.75, 3.05) is 16.9 Å². The molecule has 0 aromatic heterocycles. The number of hydrogen-bond donors (Lipinski definition) is 0. The number of ether oxygens (including phenoxy) is 2. The zero-order valence-corrected chi connectivity index (χ0v) is 20.8. The molecule has 0 radical (unpaired) electrons. The Morgan fingerprint density at radius 3 is 2.17 bits per heavy atom. The van der Waals surface area contributed by atoms with Gasteiger partial charge in [0.2, 0.25) is 11.8 Å². The molecule has 36 heavy (non-hydrogen) atoms. The van der Waals surface area contributed by atoms with Crippen LogP contribution in [0.3, 0.4) is 0 Å². The lowest BCUT2D eigenvalue weighted by atomic mass is 9.79. The van der Waals surface area contributed by atoms with Gasteiger partial charge in [-0.1, -0.05) is 32.9 Å². The van der Waals surface area contributed by atoms with Crippen LogP contribution in [0.25, 0.3) is 6.08 Å². The van der Waals surface area contributed by atoms with Crippen molar-refractivity contribution < 1.29 is 28.7 Å². The van der Waals surface area contributed by atoms with Crippen molar-refractivity contribution in [1.29, 1.82) is 0 Å². The molecule has 2 amide bonds. The van der Waals surface area contributed by atoms with E-state index in [0.29, 0.717) is 17.2 Å². The number of carbonyl (C=O) groups is 4. The van der Waals surface area contributed by atoms with Crippen molar-refractivity contribution in [2.45, 2.75) is 39.8 Å². The van der Waals surface area contributed by atoms with Crippen LogP contribution in [0.2, 0.25) is 0 Å². The molecule has 186 valence electrons. The maximum absolute atomic E-state index is 13.9. The molecule has 0 aliphatic carbocycles. The molecular formula is C28H28N2O6. The SMILES string of the molecule is COc1ccc2c(c1)C=CC1[C@@H]3C(=O)N(c4ccc(OC(C)=O)cc4)C(=O)[C@@H]3[C@H](C(=O)C(C)(C)C)N21. The van der Waals surface area contributed by atoms with Crippen LogP contribution in [0.4, 0.5) is 11.4 Å². The molecule has 0 saturated carbocycles. The van der Waals surface area contributed by atoms with E-state index in [2.05, 4.69) is 0 Å². The summed E-state index contributed by atoms with van der Waals surface area (Å²) >= 11 is 0. The van der Waals surface area contributed by atoms with E-state index < -0.39 is 41.2 Å². The Morgan fingerprint density at radius 1 is 0.917 bits per heavy atom. The topological polar surface area (TPSA) is 93.2 Å². The molecule has 0 N–H and O–H groups in total. The molecule has 3 aliphatic rings. The predicted octanol–water partition coefficient (Wildman–Crippen LogP) is 3.63. The highest BCUT2D eigenvalue weighted by molar-refractivity contribution is 6.25. The maximum Gasteiger partial charge on any atom is 0.308 e. The van der Waals surface area contributed by atoms with Crippen molar-refractivity contribution in [3.63, 3.8) is 0 Å². The third kappa shape index (κ3) is 3.59. The van der Waals surface area contributed by atoms with E-state index in [-0.39, 0.29) is 11.7 Å². The number of methoxy groups -OCH3 is 1. The summed E-state index contributed by atoms with van der Waals surface area (Å²) in [6.07, 6.45) is 3.84. The van der Waals surface area contributed by atoms with Gasteiger partial charge in [-0.2, -0.15) is 0 Å². The van der Waals surface area contributed by atoms with Crippen molar-refractivity contribution >= 4 is 41.0 Å². The van der Waals surface area contributed by atoms with Crippen LogP contribution in [0.15, 0.2) is 48.5 Å². The fourth-order valence-corrected chi connectivity index (χ4v) is 5.51. The summed E-state index contributed by atoms with van der Waals surface area (Å²) < 4.78 is 10.4. The number of fused-ring (bicyclic) bond motifs is 5. The molecule has 2 aromatic carbocycles. The number of imide groups is 1. The van der Waals surface area contributed by atoms with Crippen molar-refractivity contribution in [2.24, 2.45) is 17.3 Å². The molecule has 3 aliphatic heterocycles. The van der Waals surface area contributed by atoms with Crippen molar-refractivity contribution in [1.82, 2.24) is 0 Å². The number of nitrogens with zero attached hydrogens (tertiary/aromatic N) is 2. The molecule has 5 rings (SSSR count). The van der Waals surface area contributed by atoms with Crippen LogP contribution in [0.5, 0.6) is 11.5 Å². The molecule has 4 atom stereocenters. The third-order valence-corrected chi connectivity index (χ3v) is 7.08. The second kappa shape index (κ2) is 8.33. The highest BCUT2D eigenvalue weighted by atomic mass is 16.5. The van der Waals surface area contributed by atoms with Gasteiger partial charge in [-0.05, 0) is 42.5 Å². The van der Waals surface area contributed by atoms with Gasteiger partial charge in [0, 0.05) is 23.6 Å². The van der Waals surface area contributed by atoms with E-state index in [1.54, 1.807) is 31.4 Å². The number of anilines is 2. The number of esters is 1. The summed E-state index contributed by atoms with van der Waals surface area (Å²) in [4.78, 5) is 55.8. The standard InChI is InChI=1S/C28H28N2O6/c1-15(31)36-18-9-7-17(8-10-18)29-26(33)22-21-12-6-16-14-19(35-5)11-13-20(16)30(21)24(23(22)27(29)34)25(32)28(2,3)4/h6-14,21-24H,1-5H3/t21?,22-,23-,24+/m0/s1. The molecule has 2 aromatic rings. The lowest BCUT2D eigenvalue weighted by Crippen LogP contribution is -2.51. The fraction of sp³-hybridized carbons (Fsp3) is 0.357. The monoisotopic (exact) mass is 488 g/mol. The zero-order valence-electron chi connectivity index (χ0n) is 20.8. The lowest BCUT2D eigenvalue weighted by molar-refractivity contribution is -0.132. The van der Waals surface area contributed by atoms with Gasteiger partial charge in [0.1, 0.15) is 17.5 Å². The molecule has 2 saturated heterocycles. The van der Waals surface area contributed by atoms with Crippen LogP contribution in [-0.2, 0) is 19.2 Å². The number of ketones is 1. The normalized spacial score (nSPS) is 24.4. The van der Waals surface area contributed by atoms with E-state index in [0.717, 1.165) is 11.3 Å². The third-order valence-electron chi connectivity index (χ3n) is 7.08. The molecule has 3 heterocycles. The van der Waals surface area contributed by atoms with Crippen LogP contribution in [-0.4, -0.2) is 42.8 Å². The van der Waals surface area contributed by atoms with E-state index in [9.17, 15) is 19.2 Å². The maximum atomic E-state index is 13.9. The summed E-state index contributed by atoms with van der Waals surface area (Å²) in [7, 11) is 1.59. The van der Waals surface area contributed by atoms with Gasteiger partial charge in [0.15, 0.2) is 5.78 Å². The van der Waals surface area contributed by atoms with Crippen LogP contribution >= 0.6 is 0 Å². The van der Waals surface area contributed by atoms with Crippen LogP contribution in [0.1, 0.15) is 33.3 Å². The average Bonchev–Trinajstić information content (AvgIpc) is 3.30. The van der Waals surface area contributed by atoms with E-state index in [1.807, 2.05) is 56.0 Å². The second-order valence-corrected chi connectivity index (χ2v) is 10.4. The molecule has 0 bridgehead atoms. The fourth-order valence-electron chi connectivity index (χ4n) is 5.51. The second-order valence-electron chi connectivity index (χ2n) is 10.4. The average molecular weight is 489 g/mol. The van der Waals surface area contributed by atoms with Crippen molar-refractivity contribution in [3.05, 3.63) is 54.1 Å². The Morgan fingerprint density at radius 2 is 1.56 bits per heavy atom. The number of Topliss-reactive ketones (excluding diaryl/α,β-unsaturated/α-hetero) is 1. The van der Waals surface area contributed by atoms with E-state index >= 15 is 0 Å². The summed E-state index contributed by atoms with van der Waals surface area (Å²) in [5, 5.41) is 0. The Bertz CT molecular complexity index is 1310. The van der Waals surface area contributed by atoms with Gasteiger partial charge in [-0.3, -0.25) is 19.2 Å². The van der Waals surface area contributed by atoms with Gasteiger partial charge < -0.3 is 14.4 Å².